The summed E-state index contributed by atoms with van der Waals surface area (Å²) >= 11 is 4.75. The first-order chi connectivity index (χ1) is 17.6. The molecular formula is C19H28F6I2N4O6S2. The van der Waals surface area contributed by atoms with Crippen molar-refractivity contribution in [3.8, 4) is 0 Å². The molecule has 0 aliphatic carbocycles. The maximum Gasteiger partial charge on any atom is 0.485 e. The van der Waals surface area contributed by atoms with E-state index in [-0.39, 0.29) is 0 Å². The molecule has 0 spiro atoms. The molecule has 0 aromatic carbocycles. The largest absolute Gasteiger partial charge is 0.741 e. The molecule has 20 heteroatoms. The summed E-state index contributed by atoms with van der Waals surface area (Å²) in [6, 6.07) is 0. The van der Waals surface area contributed by atoms with Gasteiger partial charge in [-0.25, -0.2) is 16.8 Å². The summed E-state index contributed by atoms with van der Waals surface area (Å²) in [5.41, 5.74) is -11.3. The molecule has 10 nitrogen and oxygen atoms in total. The average Bonchev–Trinajstić information content (AvgIpc) is 3.23. The number of halogens is 8. The molecule has 0 bridgehead atoms. The summed E-state index contributed by atoms with van der Waals surface area (Å²) in [7, 11) is -7.94. The fourth-order valence-electron chi connectivity index (χ4n) is 2.91. The predicted molar refractivity (Wildman–Crippen MR) is 140 cm³/mol. The van der Waals surface area contributed by atoms with Gasteiger partial charge in [-0.1, -0.05) is 32.1 Å². The van der Waals surface area contributed by atoms with E-state index in [1.165, 1.54) is 52.1 Å². The van der Waals surface area contributed by atoms with Crippen LogP contribution in [0.2, 0.25) is 0 Å². The predicted octanol–water partition coefficient (Wildman–Crippen LogP) is 3.68. The summed E-state index contributed by atoms with van der Waals surface area (Å²) in [6.45, 7) is 2.28. The van der Waals surface area contributed by atoms with E-state index in [0.717, 1.165) is 13.1 Å². The molecule has 2 rings (SSSR count). The van der Waals surface area contributed by atoms with Crippen LogP contribution in [0.25, 0.3) is 0 Å². The second kappa shape index (κ2) is 16.7. The lowest BCUT2D eigenvalue weighted by Crippen LogP contribution is -2.37. The van der Waals surface area contributed by atoms with Crippen LogP contribution >= 0.6 is 45.2 Å². The van der Waals surface area contributed by atoms with Crippen LogP contribution in [0.4, 0.5) is 26.3 Å². The van der Waals surface area contributed by atoms with Crippen LogP contribution in [-0.2, 0) is 47.4 Å². The molecule has 0 aliphatic heterocycles. The maximum atomic E-state index is 10.7. The van der Waals surface area contributed by atoms with E-state index in [4.69, 9.17) is 25.9 Å². The third kappa shape index (κ3) is 16.3. The van der Waals surface area contributed by atoms with E-state index >= 15 is 0 Å². The SMILES string of the molecule is C[n+]1cc(I)cn1CCCCCCCCCn1cc(I)c[n+]1C.O=S(=O)([O-])C(F)(F)F.O=S(=O)([O-])C(F)(F)F. The Morgan fingerprint density at radius 3 is 1.08 bits per heavy atom. The summed E-state index contributed by atoms with van der Waals surface area (Å²) in [6.07, 6.45) is 18.2. The van der Waals surface area contributed by atoms with Crippen molar-refractivity contribution < 1.29 is 61.6 Å². The van der Waals surface area contributed by atoms with E-state index in [9.17, 15) is 26.3 Å². The molecule has 0 amide bonds. The molecule has 0 unspecified atom stereocenters. The van der Waals surface area contributed by atoms with Crippen molar-refractivity contribution in [1.82, 2.24) is 9.36 Å². The van der Waals surface area contributed by atoms with Gasteiger partial charge >= 0.3 is 11.0 Å². The Morgan fingerprint density at radius 2 is 0.897 bits per heavy atom. The van der Waals surface area contributed by atoms with E-state index < -0.39 is 31.3 Å². The summed E-state index contributed by atoms with van der Waals surface area (Å²) in [5.74, 6) is 0. The van der Waals surface area contributed by atoms with Crippen LogP contribution in [0.3, 0.4) is 0 Å². The van der Waals surface area contributed by atoms with Gasteiger partial charge in [-0.05, 0) is 58.0 Å². The lowest BCUT2D eigenvalue weighted by Gasteiger charge is -2.08. The standard InChI is InChI=1S/C17H28I2N4.2CHF3O3S/c1-20-12-16(18)14-22(20)10-8-6-4-3-5-7-9-11-23-15-17(19)13-21(23)2;2*2-1(3,4)8(5,6)7/h12-15H,3-11H2,1-2H3;2*(H,5,6,7)/q+2;;/p-2. The smallest absolute Gasteiger partial charge is 0.485 e. The average molecular weight is 840 g/mol. The molecule has 228 valence electrons. The normalized spacial score (nSPS) is 12.4. The number of hydrogen-bond donors (Lipinski definition) is 0. The van der Waals surface area contributed by atoms with E-state index in [2.05, 4.69) is 103 Å². The van der Waals surface area contributed by atoms with Gasteiger partial charge in [-0.3, -0.25) is 0 Å². The van der Waals surface area contributed by atoms with Crippen molar-refractivity contribution in [3.63, 3.8) is 0 Å². The van der Waals surface area contributed by atoms with Gasteiger partial charge in [0.05, 0.1) is 25.5 Å². The third-order valence-electron chi connectivity index (χ3n) is 4.82. The Hall–Kier alpha value is -0.720. The first-order valence-electron chi connectivity index (χ1n) is 11.0. The Bertz CT molecular complexity index is 1140. The van der Waals surface area contributed by atoms with E-state index in [1.54, 1.807) is 0 Å². The van der Waals surface area contributed by atoms with Gasteiger partial charge in [0.15, 0.2) is 34.3 Å². The molecule has 2 heterocycles. The van der Waals surface area contributed by atoms with Crippen LogP contribution in [0.15, 0.2) is 24.8 Å². The van der Waals surface area contributed by atoms with Gasteiger partial charge in [0.2, 0.25) is 12.4 Å². The quantitative estimate of drug-likeness (QED) is 0.0897. The highest BCUT2D eigenvalue weighted by Crippen LogP contribution is 2.21. The number of hydrogen-bond acceptors (Lipinski definition) is 6. The van der Waals surface area contributed by atoms with Crippen LogP contribution < -0.4 is 9.36 Å². The molecule has 0 saturated carbocycles. The van der Waals surface area contributed by atoms with Crippen LogP contribution in [0, 0.1) is 7.14 Å². The van der Waals surface area contributed by atoms with Gasteiger partial charge in [-0.2, -0.15) is 35.7 Å². The second-order valence-corrected chi connectivity index (χ2v) is 13.3. The number of unbranched alkanes of at least 4 members (excludes halogenated alkanes) is 6. The zero-order valence-electron chi connectivity index (χ0n) is 20.8. The molecule has 0 fully saturated rings. The zero-order chi connectivity index (χ0) is 30.7. The van der Waals surface area contributed by atoms with Crippen molar-refractivity contribution >= 4 is 65.4 Å². The number of nitrogens with zero attached hydrogens (tertiary/aromatic N) is 4. The maximum absolute atomic E-state index is 10.7. The van der Waals surface area contributed by atoms with Crippen LogP contribution in [-0.4, -0.2) is 46.3 Å². The number of alkyl halides is 6. The zero-order valence-corrected chi connectivity index (χ0v) is 26.7. The topological polar surface area (TPSA) is 132 Å². The second-order valence-electron chi connectivity index (χ2n) is 8.03. The number of aromatic nitrogens is 4. The highest BCUT2D eigenvalue weighted by molar-refractivity contribution is 14.1. The van der Waals surface area contributed by atoms with Gasteiger partial charge < -0.3 is 9.11 Å². The Morgan fingerprint density at radius 1 is 0.667 bits per heavy atom. The molecule has 0 aliphatic rings. The van der Waals surface area contributed by atoms with E-state index in [0.29, 0.717) is 0 Å². The van der Waals surface area contributed by atoms with Crippen molar-refractivity contribution in [1.29, 1.82) is 0 Å². The molecule has 2 aromatic heterocycles. The minimum atomic E-state index is -6.09. The number of aryl methyl sites for hydroxylation is 4. The van der Waals surface area contributed by atoms with Crippen molar-refractivity contribution in [2.45, 2.75) is 69.1 Å². The van der Waals surface area contributed by atoms with Gasteiger partial charge in [-0.15, -0.1) is 9.36 Å². The van der Waals surface area contributed by atoms with E-state index in [1.807, 2.05) is 0 Å². The molecule has 0 radical (unpaired) electrons. The van der Waals surface area contributed by atoms with Gasteiger partial charge in [0.25, 0.3) is 0 Å². The van der Waals surface area contributed by atoms with Crippen LogP contribution in [0.5, 0.6) is 0 Å². The van der Waals surface area contributed by atoms with Gasteiger partial charge in [0, 0.05) is 0 Å². The van der Waals surface area contributed by atoms with Gasteiger partial charge in [0.1, 0.15) is 7.14 Å². The molecule has 39 heavy (non-hydrogen) atoms. The Kier molecular flexibility index (Phi) is 16.3. The molecule has 0 atom stereocenters. The summed E-state index contributed by atoms with van der Waals surface area (Å²) in [5, 5.41) is 0. The molecule has 2 aromatic rings. The first kappa shape index (κ1) is 38.3. The summed E-state index contributed by atoms with van der Waals surface area (Å²) in [4.78, 5) is 0. The molecule has 0 saturated heterocycles. The fourth-order valence-corrected chi connectivity index (χ4v) is 4.36. The third-order valence-corrected chi connectivity index (χ3v) is 7.06. The number of rotatable bonds is 10. The molecular weight excluding hydrogens is 812 g/mol. The van der Waals surface area contributed by atoms with Crippen molar-refractivity contribution in [2.75, 3.05) is 0 Å². The minimum absolute atomic E-state index is 1.14. The Labute approximate surface area is 250 Å². The van der Waals surface area contributed by atoms with Crippen molar-refractivity contribution in [2.24, 2.45) is 14.1 Å². The fraction of sp³-hybridized carbons (Fsp3) is 0.684. The van der Waals surface area contributed by atoms with Crippen LogP contribution in [0.1, 0.15) is 44.9 Å². The lowest BCUT2D eigenvalue weighted by atomic mass is 10.1. The highest BCUT2D eigenvalue weighted by atomic mass is 127. The molecule has 0 N–H and O–H groups in total. The van der Waals surface area contributed by atoms with Crippen molar-refractivity contribution in [3.05, 3.63) is 31.9 Å². The summed E-state index contributed by atoms with van der Waals surface area (Å²) < 4.78 is 129. The highest BCUT2D eigenvalue weighted by Gasteiger charge is 2.37. The minimum Gasteiger partial charge on any atom is -0.741 e. The Balaban J connectivity index is 0.000000742. The lowest BCUT2D eigenvalue weighted by molar-refractivity contribution is -0.754. The first-order valence-corrected chi connectivity index (χ1v) is 16.0. The monoisotopic (exact) mass is 840 g/mol.